The lowest BCUT2D eigenvalue weighted by Crippen LogP contribution is -2.21. The first-order chi connectivity index (χ1) is 12.5. The molecule has 26 heavy (non-hydrogen) atoms. The Labute approximate surface area is 146 Å². The molecule has 8 heteroatoms. The number of nitrogens with zero attached hydrogens (tertiary/aromatic N) is 2. The first-order valence-electron chi connectivity index (χ1n) is 7.82. The molecule has 1 aliphatic heterocycles. The van der Waals surface area contributed by atoms with Gasteiger partial charge in [-0.2, -0.15) is 0 Å². The highest BCUT2D eigenvalue weighted by atomic mass is 19.1. The molecule has 1 aromatic heterocycles. The van der Waals surface area contributed by atoms with Crippen molar-refractivity contribution in [2.24, 2.45) is 0 Å². The van der Waals surface area contributed by atoms with Crippen LogP contribution in [0.3, 0.4) is 0 Å². The molecule has 0 fully saturated rings. The number of non-ortho nitro benzene ring substituents is 1. The van der Waals surface area contributed by atoms with Crippen molar-refractivity contribution in [3.05, 3.63) is 75.6 Å². The summed E-state index contributed by atoms with van der Waals surface area (Å²) in [6, 6.07) is 12.0. The third-order valence-electron chi connectivity index (χ3n) is 4.30. The number of esters is 1. The Morgan fingerprint density at radius 1 is 1.23 bits per heavy atom. The number of ether oxygens (including phenoxy) is 1. The minimum atomic E-state index is -0.490. The van der Waals surface area contributed by atoms with Gasteiger partial charge in [0.15, 0.2) is 0 Å². The standard InChI is InChI=1S/C18H12FN3O4/c19-12-5-1-3-10(7-12)14-9-15(23)26-18-16(14)17(20-21-18)11-4-2-6-13(8-11)22(24)25/h1-8,14H,9H2,(H,20,21)/t14-/m1/s1. The van der Waals surface area contributed by atoms with E-state index >= 15 is 0 Å². The van der Waals surface area contributed by atoms with Gasteiger partial charge in [0.1, 0.15) is 5.82 Å². The summed E-state index contributed by atoms with van der Waals surface area (Å²) in [5, 5.41) is 17.9. The van der Waals surface area contributed by atoms with E-state index in [1.54, 1.807) is 24.3 Å². The quantitative estimate of drug-likeness (QED) is 0.441. The van der Waals surface area contributed by atoms with Crippen LogP contribution in [0.4, 0.5) is 10.1 Å². The smallest absolute Gasteiger partial charge is 0.313 e. The first kappa shape index (κ1) is 15.9. The molecule has 1 atom stereocenters. The van der Waals surface area contributed by atoms with E-state index in [0.29, 0.717) is 22.4 Å². The zero-order valence-electron chi connectivity index (χ0n) is 13.3. The first-order valence-corrected chi connectivity index (χ1v) is 7.82. The van der Waals surface area contributed by atoms with Crippen molar-refractivity contribution >= 4 is 11.7 Å². The number of benzene rings is 2. The highest BCUT2D eigenvalue weighted by Gasteiger charge is 2.34. The third-order valence-corrected chi connectivity index (χ3v) is 4.30. The van der Waals surface area contributed by atoms with Crippen LogP contribution in [-0.2, 0) is 4.79 Å². The minimum absolute atomic E-state index is 0.0257. The molecule has 0 radical (unpaired) electrons. The van der Waals surface area contributed by atoms with Crippen LogP contribution in [-0.4, -0.2) is 21.1 Å². The molecule has 1 N–H and O–H groups in total. The Kier molecular flexibility index (Phi) is 3.72. The Morgan fingerprint density at radius 3 is 2.81 bits per heavy atom. The molecule has 2 aromatic carbocycles. The fourth-order valence-corrected chi connectivity index (χ4v) is 3.16. The maximum absolute atomic E-state index is 13.7. The summed E-state index contributed by atoms with van der Waals surface area (Å²) in [7, 11) is 0. The fourth-order valence-electron chi connectivity index (χ4n) is 3.16. The van der Waals surface area contributed by atoms with E-state index < -0.39 is 22.6 Å². The van der Waals surface area contributed by atoms with Gasteiger partial charge in [-0.1, -0.05) is 24.3 Å². The number of nitrogens with one attached hydrogen (secondary N) is 1. The summed E-state index contributed by atoms with van der Waals surface area (Å²) in [6.45, 7) is 0. The molecule has 2 heterocycles. The number of hydrogen-bond donors (Lipinski definition) is 1. The Bertz CT molecular complexity index is 1030. The predicted molar refractivity (Wildman–Crippen MR) is 89.2 cm³/mol. The molecule has 7 nitrogen and oxygen atoms in total. The molecular weight excluding hydrogens is 341 g/mol. The van der Waals surface area contributed by atoms with Crippen LogP contribution in [0.2, 0.25) is 0 Å². The molecule has 0 saturated carbocycles. The second-order valence-electron chi connectivity index (χ2n) is 5.91. The summed E-state index contributed by atoms with van der Waals surface area (Å²) < 4.78 is 18.9. The zero-order valence-corrected chi connectivity index (χ0v) is 13.3. The summed E-state index contributed by atoms with van der Waals surface area (Å²) in [4.78, 5) is 22.5. The highest BCUT2D eigenvalue weighted by Crippen LogP contribution is 2.43. The summed E-state index contributed by atoms with van der Waals surface area (Å²) in [6.07, 6.45) is 0.0257. The Balaban J connectivity index is 1.87. The van der Waals surface area contributed by atoms with Crippen LogP contribution in [0.1, 0.15) is 23.5 Å². The number of fused-ring (bicyclic) bond motifs is 1. The van der Waals surface area contributed by atoms with Crippen molar-refractivity contribution in [1.82, 2.24) is 10.2 Å². The number of halogens is 1. The van der Waals surface area contributed by atoms with Crippen LogP contribution >= 0.6 is 0 Å². The van der Waals surface area contributed by atoms with Gasteiger partial charge in [-0.15, -0.1) is 5.10 Å². The molecule has 0 amide bonds. The Morgan fingerprint density at radius 2 is 2.04 bits per heavy atom. The molecule has 4 rings (SSSR count). The van der Waals surface area contributed by atoms with E-state index in [2.05, 4.69) is 10.2 Å². The molecule has 0 aliphatic carbocycles. The number of nitro benzene ring substituents is 1. The van der Waals surface area contributed by atoms with Crippen molar-refractivity contribution in [2.45, 2.75) is 12.3 Å². The van der Waals surface area contributed by atoms with Gasteiger partial charge in [-0.25, -0.2) is 4.39 Å². The molecule has 1 aliphatic rings. The van der Waals surface area contributed by atoms with Gasteiger partial charge in [-0.3, -0.25) is 20.0 Å². The molecule has 0 spiro atoms. The average molecular weight is 353 g/mol. The van der Waals surface area contributed by atoms with Crippen LogP contribution in [0.15, 0.2) is 48.5 Å². The van der Waals surface area contributed by atoms with Gasteiger partial charge >= 0.3 is 5.97 Å². The van der Waals surface area contributed by atoms with Crippen molar-refractivity contribution in [2.75, 3.05) is 0 Å². The monoisotopic (exact) mass is 353 g/mol. The second-order valence-corrected chi connectivity index (χ2v) is 5.91. The van der Waals surface area contributed by atoms with E-state index in [9.17, 15) is 19.3 Å². The SMILES string of the molecule is O=C1C[C@H](c2cccc(F)c2)c2c(n[nH]c2-c2cccc([N+](=O)[O-])c2)O1. The third kappa shape index (κ3) is 2.71. The van der Waals surface area contributed by atoms with E-state index in [1.165, 1.54) is 24.3 Å². The van der Waals surface area contributed by atoms with Crippen LogP contribution in [0.5, 0.6) is 5.88 Å². The van der Waals surface area contributed by atoms with Gasteiger partial charge in [0.2, 0.25) is 5.88 Å². The van der Waals surface area contributed by atoms with Gasteiger partial charge < -0.3 is 4.74 Å². The fraction of sp³-hybridized carbons (Fsp3) is 0.111. The molecule has 3 aromatic rings. The average Bonchev–Trinajstić information content (AvgIpc) is 3.04. The number of carbonyl (C=O) groups is 1. The topological polar surface area (TPSA) is 98.1 Å². The maximum Gasteiger partial charge on any atom is 0.313 e. The van der Waals surface area contributed by atoms with Crippen molar-refractivity contribution < 1.29 is 18.8 Å². The number of nitro groups is 1. The molecule has 0 saturated heterocycles. The van der Waals surface area contributed by atoms with Crippen molar-refractivity contribution in [3.63, 3.8) is 0 Å². The van der Waals surface area contributed by atoms with E-state index in [0.717, 1.165) is 0 Å². The number of H-pyrrole nitrogens is 1. The minimum Gasteiger partial charge on any atom is -0.405 e. The molecular formula is C18H12FN3O4. The number of carbonyl (C=O) groups excluding carboxylic acids is 1. The predicted octanol–water partition coefficient (Wildman–Crippen LogP) is 3.57. The maximum atomic E-state index is 13.7. The van der Waals surface area contributed by atoms with E-state index in [4.69, 9.17) is 4.74 Å². The summed E-state index contributed by atoms with van der Waals surface area (Å²) >= 11 is 0. The van der Waals surface area contributed by atoms with Crippen LogP contribution in [0, 0.1) is 15.9 Å². The number of aromatic amines is 1. The summed E-state index contributed by atoms with van der Waals surface area (Å²) in [5.74, 6) is -1.24. The number of hydrogen-bond acceptors (Lipinski definition) is 5. The number of aromatic nitrogens is 2. The van der Waals surface area contributed by atoms with E-state index in [1.807, 2.05) is 0 Å². The van der Waals surface area contributed by atoms with Crippen molar-refractivity contribution in [3.8, 4) is 17.1 Å². The van der Waals surface area contributed by atoms with Crippen molar-refractivity contribution in [1.29, 1.82) is 0 Å². The van der Waals surface area contributed by atoms with Crippen LogP contribution in [0.25, 0.3) is 11.3 Å². The largest absolute Gasteiger partial charge is 0.405 e. The molecule has 130 valence electrons. The lowest BCUT2D eigenvalue weighted by Gasteiger charge is -2.22. The molecule has 0 unspecified atom stereocenters. The van der Waals surface area contributed by atoms with Gasteiger partial charge in [-0.05, 0) is 17.7 Å². The van der Waals surface area contributed by atoms with Gasteiger partial charge in [0, 0.05) is 23.6 Å². The lowest BCUT2D eigenvalue weighted by atomic mass is 9.85. The van der Waals surface area contributed by atoms with E-state index in [-0.39, 0.29) is 18.0 Å². The van der Waals surface area contributed by atoms with Gasteiger partial charge in [0.05, 0.1) is 22.6 Å². The highest BCUT2D eigenvalue weighted by molar-refractivity contribution is 5.80. The Hall–Kier alpha value is -3.55. The molecule has 0 bridgehead atoms. The summed E-state index contributed by atoms with van der Waals surface area (Å²) in [5.41, 5.74) is 2.16. The second kappa shape index (κ2) is 6.07. The normalized spacial score (nSPS) is 16.0. The van der Waals surface area contributed by atoms with Gasteiger partial charge in [0.25, 0.3) is 5.69 Å². The number of rotatable bonds is 3. The zero-order chi connectivity index (χ0) is 18.3. The van der Waals surface area contributed by atoms with Crippen LogP contribution < -0.4 is 4.74 Å². The lowest BCUT2D eigenvalue weighted by molar-refractivity contribution is -0.384.